The number of unbranched alkanes of at least 4 members (excludes halogenated alkanes) is 1. The zero-order valence-corrected chi connectivity index (χ0v) is 22.1. The van der Waals surface area contributed by atoms with Crippen LogP contribution in [0.5, 0.6) is 5.75 Å². The van der Waals surface area contributed by atoms with E-state index >= 15 is 0 Å². The number of phenolic OH excluding ortho intramolecular Hbond substituents is 1. The molecular formula is C26H23Cl2N5O3S. The second-order valence-electron chi connectivity index (χ2n) is 8.00. The minimum absolute atomic E-state index is 0.0832. The summed E-state index contributed by atoms with van der Waals surface area (Å²) in [7, 11) is 0. The minimum Gasteiger partial charge on any atom is -0.506 e. The molecule has 0 spiro atoms. The maximum Gasteiger partial charge on any atom is 0.325 e. The van der Waals surface area contributed by atoms with Crippen LogP contribution >= 0.6 is 34.5 Å². The van der Waals surface area contributed by atoms with E-state index in [2.05, 4.69) is 27.8 Å². The summed E-state index contributed by atoms with van der Waals surface area (Å²) in [6, 6.07) is 18.6. The molecule has 1 aromatic heterocycles. The quantitative estimate of drug-likeness (QED) is 0.211. The van der Waals surface area contributed by atoms with E-state index in [1.807, 2.05) is 30.3 Å². The predicted molar refractivity (Wildman–Crippen MR) is 149 cm³/mol. The Morgan fingerprint density at radius 1 is 1.00 bits per heavy atom. The van der Waals surface area contributed by atoms with Crippen LogP contribution in [0.3, 0.4) is 0 Å². The second-order valence-corrected chi connectivity index (χ2v) is 9.82. The van der Waals surface area contributed by atoms with Crippen LogP contribution in [0, 0.1) is 0 Å². The highest BCUT2D eigenvalue weighted by atomic mass is 35.5. The number of aromatic nitrogens is 2. The number of aromatic hydroxyl groups is 1. The number of nitrogens with one attached hydrogen (secondary N) is 2. The number of rotatable bonds is 8. The number of benzene rings is 3. The lowest BCUT2D eigenvalue weighted by Gasteiger charge is -2.23. The molecule has 0 fully saturated rings. The molecule has 11 heteroatoms. The number of urea groups is 1. The van der Waals surface area contributed by atoms with Gasteiger partial charge in [0.2, 0.25) is 5.13 Å². The summed E-state index contributed by atoms with van der Waals surface area (Å²) in [6.45, 7) is 2.66. The average molecular weight is 556 g/mol. The van der Waals surface area contributed by atoms with Gasteiger partial charge in [0.15, 0.2) is 5.01 Å². The first-order valence-corrected chi connectivity index (χ1v) is 13.0. The van der Waals surface area contributed by atoms with Crippen molar-refractivity contribution in [2.24, 2.45) is 0 Å². The van der Waals surface area contributed by atoms with E-state index in [9.17, 15) is 14.7 Å². The fourth-order valence-electron chi connectivity index (χ4n) is 3.53. The van der Waals surface area contributed by atoms with Crippen LogP contribution in [-0.4, -0.2) is 33.8 Å². The third-order valence-corrected chi connectivity index (χ3v) is 6.70. The Morgan fingerprint density at radius 3 is 2.54 bits per heavy atom. The molecule has 0 radical (unpaired) electrons. The van der Waals surface area contributed by atoms with Gasteiger partial charge >= 0.3 is 6.03 Å². The molecule has 0 aliphatic heterocycles. The van der Waals surface area contributed by atoms with Gasteiger partial charge in [-0.3, -0.25) is 10.1 Å². The Kier molecular flexibility index (Phi) is 8.60. The lowest BCUT2D eigenvalue weighted by molar-refractivity contribution is 0.0986. The van der Waals surface area contributed by atoms with E-state index in [0.29, 0.717) is 33.4 Å². The van der Waals surface area contributed by atoms with Crippen molar-refractivity contribution < 1.29 is 14.7 Å². The molecule has 0 saturated heterocycles. The van der Waals surface area contributed by atoms with E-state index in [4.69, 9.17) is 23.2 Å². The molecule has 3 amide bonds. The third kappa shape index (κ3) is 6.56. The SMILES string of the molecule is CCCCN(C(=O)c1cccc(NC(=O)Nc2nnc(-c3cc(Cl)cc(Cl)c3O)s2)c1)c1ccccc1. The Balaban J connectivity index is 1.46. The van der Waals surface area contributed by atoms with Gasteiger partial charge in [-0.15, -0.1) is 10.2 Å². The van der Waals surface area contributed by atoms with Crippen LogP contribution in [0.25, 0.3) is 10.6 Å². The molecule has 0 aliphatic carbocycles. The van der Waals surface area contributed by atoms with Gasteiger partial charge in [-0.25, -0.2) is 4.79 Å². The molecule has 0 aliphatic rings. The predicted octanol–water partition coefficient (Wildman–Crippen LogP) is 7.31. The van der Waals surface area contributed by atoms with Crippen LogP contribution in [0.4, 0.5) is 21.3 Å². The maximum atomic E-state index is 13.3. The van der Waals surface area contributed by atoms with Crippen LogP contribution in [-0.2, 0) is 0 Å². The van der Waals surface area contributed by atoms with Crippen LogP contribution < -0.4 is 15.5 Å². The van der Waals surface area contributed by atoms with Gasteiger partial charge in [0, 0.05) is 28.5 Å². The van der Waals surface area contributed by atoms with E-state index in [0.717, 1.165) is 29.9 Å². The molecule has 8 nitrogen and oxygen atoms in total. The van der Waals surface area contributed by atoms with Crippen molar-refractivity contribution >= 4 is 63.0 Å². The van der Waals surface area contributed by atoms with Crippen molar-refractivity contribution in [3.63, 3.8) is 0 Å². The largest absolute Gasteiger partial charge is 0.506 e. The van der Waals surface area contributed by atoms with E-state index in [1.165, 1.54) is 12.1 Å². The lowest BCUT2D eigenvalue weighted by Crippen LogP contribution is -2.32. The van der Waals surface area contributed by atoms with Gasteiger partial charge in [-0.05, 0) is 48.9 Å². The Hall–Kier alpha value is -3.66. The van der Waals surface area contributed by atoms with Crippen molar-refractivity contribution in [1.29, 1.82) is 0 Å². The molecule has 0 unspecified atom stereocenters. The minimum atomic E-state index is -0.563. The molecule has 4 aromatic rings. The average Bonchev–Trinajstić information content (AvgIpc) is 3.35. The molecule has 3 aromatic carbocycles. The zero-order valence-electron chi connectivity index (χ0n) is 19.7. The van der Waals surface area contributed by atoms with Gasteiger partial charge in [0.05, 0.1) is 10.6 Å². The van der Waals surface area contributed by atoms with Gasteiger partial charge in [-0.1, -0.05) is 72.1 Å². The zero-order chi connectivity index (χ0) is 26.4. The fourth-order valence-corrected chi connectivity index (χ4v) is 4.78. The summed E-state index contributed by atoms with van der Waals surface area (Å²) < 4.78 is 0. The molecule has 190 valence electrons. The van der Waals surface area contributed by atoms with Gasteiger partial charge in [0.25, 0.3) is 5.91 Å². The van der Waals surface area contributed by atoms with Crippen molar-refractivity contribution in [2.75, 3.05) is 22.1 Å². The standard InChI is InChI=1S/C26H23Cl2N5O3S/c1-2-3-12-33(19-10-5-4-6-11-19)24(35)16-8-7-9-18(13-16)29-25(36)30-26-32-31-23(37-26)20-14-17(27)15-21(28)22(20)34/h4-11,13-15,34H,2-3,12H2,1H3,(H2,29,30,32,36). The van der Waals surface area contributed by atoms with Crippen LogP contribution in [0.15, 0.2) is 66.7 Å². The Labute approximate surface area is 227 Å². The third-order valence-electron chi connectivity index (χ3n) is 5.32. The highest BCUT2D eigenvalue weighted by Gasteiger charge is 2.19. The number of phenols is 1. The molecule has 0 bridgehead atoms. The lowest BCUT2D eigenvalue weighted by atomic mass is 10.1. The molecule has 0 saturated carbocycles. The summed E-state index contributed by atoms with van der Waals surface area (Å²) in [5.74, 6) is -0.333. The highest BCUT2D eigenvalue weighted by molar-refractivity contribution is 7.18. The molecular weight excluding hydrogens is 533 g/mol. The summed E-state index contributed by atoms with van der Waals surface area (Å²) in [4.78, 5) is 27.7. The molecule has 0 atom stereocenters. The number of anilines is 3. The number of nitrogens with zero attached hydrogens (tertiary/aromatic N) is 3. The molecule has 1 heterocycles. The highest BCUT2D eigenvalue weighted by Crippen LogP contribution is 2.39. The van der Waals surface area contributed by atoms with Crippen molar-refractivity contribution in [3.05, 3.63) is 82.3 Å². The molecule has 4 rings (SSSR count). The summed E-state index contributed by atoms with van der Waals surface area (Å²) in [5, 5.41) is 24.4. The summed E-state index contributed by atoms with van der Waals surface area (Å²) in [5.41, 5.74) is 2.01. The van der Waals surface area contributed by atoms with E-state index in [1.54, 1.807) is 29.2 Å². The Morgan fingerprint density at radius 2 is 1.78 bits per heavy atom. The normalized spacial score (nSPS) is 10.7. The first-order chi connectivity index (χ1) is 17.9. The summed E-state index contributed by atoms with van der Waals surface area (Å²) >= 11 is 13.0. The number of hydrogen-bond donors (Lipinski definition) is 3. The fraction of sp³-hybridized carbons (Fsp3) is 0.154. The number of halogens is 2. The number of hydrogen-bond acceptors (Lipinski definition) is 6. The van der Waals surface area contributed by atoms with Gasteiger partial charge in [0.1, 0.15) is 5.75 Å². The molecule has 3 N–H and O–H groups in total. The van der Waals surface area contributed by atoms with E-state index < -0.39 is 6.03 Å². The number of para-hydroxylation sites is 1. The first-order valence-electron chi connectivity index (χ1n) is 11.4. The van der Waals surface area contributed by atoms with Crippen molar-refractivity contribution in [3.8, 4) is 16.3 Å². The van der Waals surface area contributed by atoms with Crippen molar-refractivity contribution in [1.82, 2.24) is 10.2 Å². The summed E-state index contributed by atoms with van der Waals surface area (Å²) in [6.07, 6.45) is 1.82. The first kappa shape index (κ1) is 26.4. The van der Waals surface area contributed by atoms with Crippen LogP contribution in [0.2, 0.25) is 10.0 Å². The van der Waals surface area contributed by atoms with E-state index in [-0.39, 0.29) is 21.8 Å². The van der Waals surface area contributed by atoms with Crippen molar-refractivity contribution in [2.45, 2.75) is 19.8 Å². The van der Waals surface area contributed by atoms with Crippen LogP contribution in [0.1, 0.15) is 30.1 Å². The van der Waals surface area contributed by atoms with Gasteiger partial charge < -0.3 is 15.3 Å². The monoisotopic (exact) mass is 555 g/mol. The smallest absolute Gasteiger partial charge is 0.325 e. The molecule has 37 heavy (non-hydrogen) atoms. The number of amides is 3. The number of carbonyl (C=O) groups is 2. The number of carbonyl (C=O) groups excluding carboxylic acids is 2. The maximum absolute atomic E-state index is 13.3. The van der Waals surface area contributed by atoms with Gasteiger partial charge in [-0.2, -0.15) is 0 Å². The topological polar surface area (TPSA) is 107 Å². The Bertz CT molecular complexity index is 1410. The second kappa shape index (κ2) is 12.1.